The number of aliphatic hydroxyl groups excluding tert-OH is 1. The molecule has 5 heteroatoms. The molecular weight excluding hydrogens is 268 g/mol. The molecule has 2 rings (SSSR count). The van der Waals surface area contributed by atoms with Crippen molar-refractivity contribution >= 4 is 5.91 Å². The van der Waals surface area contributed by atoms with E-state index in [1.54, 1.807) is 18.7 Å². The van der Waals surface area contributed by atoms with Crippen LogP contribution in [0.15, 0.2) is 17.1 Å². The molecule has 0 radical (unpaired) electrons. The molecule has 0 aliphatic carbocycles. The van der Waals surface area contributed by atoms with E-state index < -0.39 is 6.10 Å². The number of amides is 1. The number of likely N-dealkylation sites (tertiary alicyclic amines) is 1. The van der Waals surface area contributed by atoms with Crippen molar-refractivity contribution in [1.82, 2.24) is 9.88 Å². The minimum Gasteiger partial charge on any atom is -0.393 e. The molecule has 116 valence electrons. The Morgan fingerprint density at radius 1 is 1.48 bits per heavy atom. The Labute approximate surface area is 125 Å². The van der Waals surface area contributed by atoms with Gasteiger partial charge in [-0.05, 0) is 33.1 Å². The summed E-state index contributed by atoms with van der Waals surface area (Å²) in [6.45, 7) is 4.19. The van der Waals surface area contributed by atoms with Crippen LogP contribution in [0.2, 0.25) is 0 Å². The molecule has 1 amide bonds. The van der Waals surface area contributed by atoms with Gasteiger partial charge in [0.15, 0.2) is 5.43 Å². The van der Waals surface area contributed by atoms with Crippen molar-refractivity contribution in [3.63, 3.8) is 0 Å². The first-order valence-corrected chi connectivity index (χ1v) is 7.67. The number of aliphatic hydroxyl groups is 1. The zero-order valence-electron chi connectivity index (χ0n) is 12.8. The second-order valence-corrected chi connectivity index (χ2v) is 5.98. The molecule has 0 saturated carbocycles. The molecule has 1 saturated heterocycles. The van der Waals surface area contributed by atoms with Crippen LogP contribution in [0.4, 0.5) is 0 Å². The lowest BCUT2D eigenvalue weighted by atomic mass is 10.0. The number of rotatable bonds is 3. The van der Waals surface area contributed by atoms with E-state index in [-0.39, 0.29) is 22.9 Å². The highest BCUT2D eigenvalue weighted by Gasteiger charge is 2.28. The van der Waals surface area contributed by atoms with E-state index in [9.17, 15) is 14.7 Å². The summed E-state index contributed by atoms with van der Waals surface area (Å²) in [6, 6.07) is 1.47. The third-order valence-electron chi connectivity index (χ3n) is 4.04. The van der Waals surface area contributed by atoms with Gasteiger partial charge in [0.1, 0.15) is 5.56 Å². The zero-order valence-corrected chi connectivity index (χ0v) is 12.8. The number of nitrogens with one attached hydrogen (secondary N) is 1. The lowest BCUT2D eigenvalue weighted by Crippen LogP contribution is -2.43. The van der Waals surface area contributed by atoms with Gasteiger partial charge in [0.25, 0.3) is 5.91 Å². The van der Waals surface area contributed by atoms with Crippen molar-refractivity contribution in [1.29, 1.82) is 0 Å². The predicted molar refractivity (Wildman–Crippen MR) is 81.4 cm³/mol. The molecule has 0 bridgehead atoms. The number of H-pyrrole nitrogens is 1. The third kappa shape index (κ3) is 3.94. The zero-order chi connectivity index (χ0) is 15.4. The summed E-state index contributed by atoms with van der Waals surface area (Å²) in [7, 11) is 0. The summed E-state index contributed by atoms with van der Waals surface area (Å²) in [4.78, 5) is 29.4. The first kappa shape index (κ1) is 15.8. The van der Waals surface area contributed by atoms with Crippen LogP contribution in [0.3, 0.4) is 0 Å². The van der Waals surface area contributed by atoms with E-state index in [1.165, 1.54) is 12.3 Å². The van der Waals surface area contributed by atoms with E-state index >= 15 is 0 Å². The molecular formula is C16H24N2O3. The molecule has 1 fully saturated rings. The Bertz CT molecular complexity index is 551. The van der Waals surface area contributed by atoms with Crippen molar-refractivity contribution in [2.75, 3.05) is 6.54 Å². The number of carbonyl (C=O) groups excluding carboxylic acids is 1. The van der Waals surface area contributed by atoms with Gasteiger partial charge in [-0.15, -0.1) is 0 Å². The molecule has 1 aromatic rings. The molecule has 1 aliphatic rings. The first-order valence-electron chi connectivity index (χ1n) is 7.67. The molecule has 5 nitrogen and oxygen atoms in total. The molecule has 21 heavy (non-hydrogen) atoms. The fourth-order valence-corrected chi connectivity index (χ4v) is 2.98. The molecule has 2 atom stereocenters. The van der Waals surface area contributed by atoms with Crippen LogP contribution in [0.5, 0.6) is 0 Å². The van der Waals surface area contributed by atoms with Gasteiger partial charge in [-0.1, -0.05) is 12.8 Å². The lowest BCUT2D eigenvalue weighted by Gasteiger charge is -2.31. The van der Waals surface area contributed by atoms with Gasteiger partial charge in [-0.25, -0.2) is 0 Å². The number of nitrogens with zero attached hydrogens (tertiary/aromatic N) is 1. The van der Waals surface area contributed by atoms with E-state index in [4.69, 9.17) is 0 Å². The SMILES string of the molecule is Cc1cc(=O)c(C(=O)N2CCCCCC2CC(C)O)c[nH]1. The summed E-state index contributed by atoms with van der Waals surface area (Å²) in [6.07, 6.45) is 5.61. The Morgan fingerprint density at radius 3 is 2.90 bits per heavy atom. The summed E-state index contributed by atoms with van der Waals surface area (Å²) < 4.78 is 0. The summed E-state index contributed by atoms with van der Waals surface area (Å²) in [5.74, 6) is -0.219. The molecule has 2 N–H and O–H groups in total. The minimum absolute atomic E-state index is 0.0145. The Morgan fingerprint density at radius 2 is 2.24 bits per heavy atom. The molecule has 0 aromatic carbocycles. The van der Waals surface area contributed by atoms with E-state index in [2.05, 4.69) is 4.98 Å². The smallest absolute Gasteiger partial charge is 0.259 e. The number of carbonyl (C=O) groups is 1. The number of hydrogen-bond acceptors (Lipinski definition) is 3. The molecule has 0 spiro atoms. The van der Waals surface area contributed by atoms with Crippen LogP contribution in [0, 0.1) is 6.92 Å². The number of aromatic nitrogens is 1. The van der Waals surface area contributed by atoms with Crippen molar-refractivity contribution in [3.8, 4) is 0 Å². The average Bonchev–Trinajstić information content (AvgIpc) is 2.63. The van der Waals surface area contributed by atoms with Crippen LogP contribution in [-0.2, 0) is 0 Å². The minimum atomic E-state index is -0.445. The highest BCUT2D eigenvalue weighted by molar-refractivity contribution is 5.94. The Kier molecular flexibility index (Phi) is 5.17. The molecule has 2 heterocycles. The fourth-order valence-electron chi connectivity index (χ4n) is 2.98. The maximum absolute atomic E-state index is 12.7. The topological polar surface area (TPSA) is 73.4 Å². The first-order chi connectivity index (χ1) is 9.99. The summed E-state index contributed by atoms with van der Waals surface area (Å²) in [5, 5.41) is 9.65. The van der Waals surface area contributed by atoms with Gasteiger partial charge in [-0.3, -0.25) is 9.59 Å². The largest absolute Gasteiger partial charge is 0.393 e. The Balaban J connectivity index is 2.26. The number of aromatic amines is 1. The quantitative estimate of drug-likeness (QED) is 0.892. The molecule has 1 aliphatic heterocycles. The van der Waals surface area contributed by atoms with E-state index in [1.807, 2.05) is 0 Å². The summed E-state index contributed by atoms with van der Waals surface area (Å²) in [5.41, 5.74) is 0.697. The third-order valence-corrected chi connectivity index (χ3v) is 4.04. The standard InChI is InChI=1S/C16H24N2O3/c1-11-8-15(20)14(10-17-11)16(21)18-7-5-3-4-6-13(18)9-12(2)19/h8,10,12-13,19H,3-7,9H2,1-2H3,(H,17,20). The van der Waals surface area contributed by atoms with Crippen LogP contribution in [-0.4, -0.2) is 39.6 Å². The van der Waals surface area contributed by atoms with Crippen LogP contribution in [0.25, 0.3) is 0 Å². The van der Waals surface area contributed by atoms with Crippen LogP contribution in [0.1, 0.15) is 55.1 Å². The maximum Gasteiger partial charge on any atom is 0.259 e. The van der Waals surface area contributed by atoms with E-state index in [0.717, 1.165) is 31.4 Å². The van der Waals surface area contributed by atoms with Gasteiger partial charge in [-0.2, -0.15) is 0 Å². The predicted octanol–water partition coefficient (Wildman–Crippen LogP) is 1.84. The van der Waals surface area contributed by atoms with Crippen LogP contribution < -0.4 is 5.43 Å². The Hall–Kier alpha value is -1.62. The lowest BCUT2D eigenvalue weighted by molar-refractivity contribution is 0.0605. The average molecular weight is 292 g/mol. The van der Waals surface area contributed by atoms with Crippen molar-refractivity contribution in [2.45, 2.75) is 58.1 Å². The van der Waals surface area contributed by atoms with Gasteiger partial charge in [0, 0.05) is 30.5 Å². The molecule has 2 unspecified atom stereocenters. The summed E-state index contributed by atoms with van der Waals surface area (Å²) >= 11 is 0. The van der Waals surface area contributed by atoms with Gasteiger partial charge < -0.3 is 15.0 Å². The number of hydrogen-bond donors (Lipinski definition) is 2. The van der Waals surface area contributed by atoms with Gasteiger partial charge in [0.05, 0.1) is 6.10 Å². The highest BCUT2D eigenvalue weighted by atomic mass is 16.3. The van der Waals surface area contributed by atoms with E-state index in [0.29, 0.717) is 13.0 Å². The van der Waals surface area contributed by atoms with Gasteiger partial charge in [0.2, 0.25) is 0 Å². The van der Waals surface area contributed by atoms with Crippen molar-refractivity contribution in [3.05, 3.63) is 33.7 Å². The normalized spacial score (nSPS) is 20.9. The maximum atomic E-state index is 12.7. The number of aryl methyl sites for hydroxylation is 1. The van der Waals surface area contributed by atoms with Gasteiger partial charge >= 0.3 is 0 Å². The fraction of sp³-hybridized carbons (Fsp3) is 0.625. The second kappa shape index (κ2) is 6.89. The van der Waals surface area contributed by atoms with Crippen molar-refractivity contribution in [2.24, 2.45) is 0 Å². The second-order valence-electron chi connectivity index (χ2n) is 5.98. The van der Waals surface area contributed by atoms with Crippen molar-refractivity contribution < 1.29 is 9.90 Å². The highest BCUT2D eigenvalue weighted by Crippen LogP contribution is 2.22. The van der Waals surface area contributed by atoms with Crippen LogP contribution >= 0.6 is 0 Å². The molecule has 1 aromatic heterocycles. The monoisotopic (exact) mass is 292 g/mol. The number of pyridine rings is 1.